The minimum atomic E-state index is -0.887. The number of benzene rings is 2. The Morgan fingerprint density at radius 3 is 2.96 bits per heavy atom. The number of carbonyl (C=O) groups excluding carboxylic acids is 1. The summed E-state index contributed by atoms with van der Waals surface area (Å²) in [6.45, 7) is 2.49. The van der Waals surface area contributed by atoms with Crippen LogP contribution in [-0.2, 0) is 6.54 Å². The van der Waals surface area contributed by atoms with E-state index in [1.807, 2.05) is 36.4 Å². The number of hydrogen-bond acceptors (Lipinski definition) is 5. The number of aromatic nitrogens is 1. The van der Waals surface area contributed by atoms with Gasteiger partial charge in [-0.25, -0.2) is 4.79 Å². The van der Waals surface area contributed by atoms with Crippen molar-refractivity contribution in [2.75, 3.05) is 32.0 Å². The van der Waals surface area contributed by atoms with E-state index in [-0.39, 0.29) is 6.03 Å². The zero-order valence-electron chi connectivity index (χ0n) is 15.8. The van der Waals surface area contributed by atoms with E-state index in [0.717, 1.165) is 28.9 Å². The minimum absolute atomic E-state index is 0.225. The van der Waals surface area contributed by atoms with Crippen LogP contribution in [0.3, 0.4) is 0 Å². The van der Waals surface area contributed by atoms with Gasteiger partial charge in [-0.2, -0.15) is 4.37 Å². The van der Waals surface area contributed by atoms with E-state index < -0.39 is 5.60 Å². The number of nitrogens with zero attached hydrogens (tertiary/aromatic N) is 3. The molecule has 7 heteroatoms. The molecular formula is C21H24N4O2S. The quantitative estimate of drug-likeness (QED) is 0.694. The van der Waals surface area contributed by atoms with Gasteiger partial charge in [0.25, 0.3) is 0 Å². The molecule has 1 aromatic heterocycles. The van der Waals surface area contributed by atoms with Crippen LogP contribution < -0.4 is 5.32 Å². The first-order chi connectivity index (χ1) is 13.5. The number of β-amino-alcohol motifs (C(OH)–C–C–N with tert-alkyl or cyclic N) is 1. The second kappa shape index (κ2) is 7.87. The molecule has 4 rings (SSSR count). The number of likely N-dealkylation sites (N-methyl/N-ethyl adjacent to an activating group) is 1. The van der Waals surface area contributed by atoms with Crippen LogP contribution in [0.15, 0.2) is 54.7 Å². The summed E-state index contributed by atoms with van der Waals surface area (Å²) in [5.41, 5.74) is 1.08. The molecule has 0 spiro atoms. The Labute approximate surface area is 168 Å². The summed E-state index contributed by atoms with van der Waals surface area (Å²) in [5, 5.41) is 14.9. The lowest BCUT2D eigenvalue weighted by molar-refractivity contribution is 0.0275. The monoisotopic (exact) mass is 396 g/mol. The van der Waals surface area contributed by atoms with Gasteiger partial charge >= 0.3 is 6.03 Å². The van der Waals surface area contributed by atoms with E-state index in [2.05, 4.69) is 26.7 Å². The Morgan fingerprint density at radius 1 is 1.32 bits per heavy atom. The second-order valence-electron chi connectivity index (χ2n) is 7.54. The molecule has 1 saturated heterocycles. The van der Waals surface area contributed by atoms with Crippen LogP contribution in [0.2, 0.25) is 0 Å². The minimum Gasteiger partial charge on any atom is -0.387 e. The van der Waals surface area contributed by atoms with Crippen LogP contribution in [0.5, 0.6) is 0 Å². The SMILES string of the molecule is CN(CC1(O)CCN(Cc2ccccc2)C1)C(=O)Nc1ccc2sncc2c1. The summed E-state index contributed by atoms with van der Waals surface area (Å²) in [7, 11) is 1.72. The van der Waals surface area contributed by atoms with Crippen molar-refractivity contribution in [3.8, 4) is 0 Å². The van der Waals surface area contributed by atoms with Crippen LogP contribution in [0.25, 0.3) is 10.1 Å². The average Bonchev–Trinajstić information content (AvgIpc) is 3.28. The number of carbonyl (C=O) groups is 1. The molecule has 1 fully saturated rings. The highest BCUT2D eigenvalue weighted by atomic mass is 32.1. The van der Waals surface area contributed by atoms with Crippen LogP contribution in [0.4, 0.5) is 10.5 Å². The summed E-state index contributed by atoms with van der Waals surface area (Å²) in [5.74, 6) is 0. The molecule has 1 unspecified atom stereocenters. The predicted molar refractivity (Wildman–Crippen MR) is 113 cm³/mol. The molecule has 146 valence electrons. The normalized spacial score (nSPS) is 19.8. The van der Waals surface area contributed by atoms with Gasteiger partial charge in [0.2, 0.25) is 0 Å². The van der Waals surface area contributed by atoms with Crippen LogP contribution in [-0.4, -0.2) is 57.6 Å². The molecule has 1 atom stereocenters. The highest BCUT2D eigenvalue weighted by molar-refractivity contribution is 7.13. The lowest BCUT2D eigenvalue weighted by Crippen LogP contribution is -2.46. The molecule has 1 aliphatic rings. The molecular weight excluding hydrogens is 372 g/mol. The van der Waals surface area contributed by atoms with Gasteiger partial charge in [0, 0.05) is 44.0 Å². The zero-order chi connectivity index (χ0) is 19.6. The summed E-state index contributed by atoms with van der Waals surface area (Å²) >= 11 is 1.43. The van der Waals surface area contributed by atoms with E-state index in [4.69, 9.17) is 0 Å². The Bertz CT molecular complexity index is 961. The van der Waals surface area contributed by atoms with E-state index in [1.54, 1.807) is 18.1 Å². The van der Waals surface area contributed by atoms with Crippen molar-refractivity contribution in [1.82, 2.24) is 14.2 Å². The Morgan fingerprint density at radius 2 is 2.14 bits per heavy atom. The number of amides is 2. The fourth-order valence-electron chi connectivity index (χ4n) is 3.73. The molecule has 0 bridgehead atoms. The smallest absolute Gasteiger partial charge is 0.321 e. The molecule has 2 heterocycles. The largest absolute Gasteiger partial charge is 0.387 e. The third-order valence-electron chi connectivity index (χ3n) is 5.14. The molecule has 1 aliphatic heterocycles. The number of likely N-dealkylation sites (tertiary alicyclic amines) is 1. The lowest BCUT2D eigenvalue weighted by atomic mass is 10.0. The van der Waals surface area contributed by atoms with Gasteiger partial charge in [0.1, 0.15) is 0 Å². The van der Waals surface area contributed by atoms with Crippen LogP contribution in [0, 0.1) is 0 Å². The van der Waals surface area contributed by atoms with E-state index in [0.29, 0.717) is 19.5 Å². The number of rotatable bonds is 5. The van der Waals surface area contributed by atoms with E-state index >= 15 is 0 Å². The Kier molecular flexibility index (Phi) is 5.30. The van der Waals surface area contributed by atoms with Crippen molar-refractivity contribution in [3.63, 3.8) is 0 Å². The molecule has 2 amide bonds. The maximum Gasteiger partial charge on any atom is 0.321 e. The van der Waals surface area contributed by atoms with Gasteiger partial charge in [0.15, 0.2) is 0 Å². The number of fused-ring (bicyclic) bond motifs is 1. The van der Waals surface area contributed by atoms with Crippen molar-refractivity contribution in [2.24, 2.45) is 0 Å². The van der Waals surface area contributed by atoms with Gasteiger partial charge in [0.05, 0.1) is 16.8 Å². The molecule has 28 heavy (non-hydrogen) atoms. The van der Waals surface area contributed by atoms with E-state index in [9.17, 15) is 9.90 Å². The summed E-state index contributed by atoms with van der Waals surface area (Å²) in [6, 6.07) is 15.8. The van der Waals surface area contributed by atoms with Gasteiger partial charge in [-0.15, -0.1) is 0 Å². The molecule has 0 saturated carbocycles. The van der Waals surface area contributed by atoms with Crippen LogP contribution >= 0.6 is 11.5 Å². The first-order valence-electron chi connectivity index (χ1n) is 9.36. The maximum atomic E-state index is 12.6. The number of hydrogen-bond donors (Lipinski definition) is 2. The highest BCUT2D eigenvalue weighted by Crippen LogP contribution is 2.25. The first kappa shape index (κ1) is 18.9. The van der Waals surface area contributed by atoms with Crippen LogP contribution in [0.1, 0.15) is 12.0 Å². The third kappa shape index (κ3) is 4.32. The maximum absolute atomic E-state index is 12.6. The van der Waals surface area contributed by atoms with Crippen molar-refractivity contribution in [1.29, 1.82) is 0 Å². The molecule has 0 aliphatic carbocycles. The molecule has 2 N–H and O–H groups in total. The average molecular weight is 397 g/mol. The van der Waals surface area contributed by atoms with Crippen molar-refractivity contribution < 1.29 is 9.90 Å². The molecule has 0 radical (unpaired) electrons. The summed E-state index contributed by atoms with van der Waals surface area (Å²) < 4.78 is 5.24. The first-order valence-corrected chi connectivity index (χ1v) is 10.1. The second-order valence-corrected chi connectivity index (χ2v) is 8.37. The molecule has 3 aromatic rings. The number of urea groups is 1. The van der Waals surface area contributed by atoms with Gasteiger partial charge in [-0.3, -0.25) is 4.90 Å². The number of nitrogens with one attached hydrogen (secondary N) is 1. The lowest BCUT2D eigenvalue weighted by Gasteiger charge is -2.29. The predicted octanol–water partition coefficient (Wildman–Crippen LogP) is 3.40. The van der Waals surface area contributed by atoms with E-state index in [1.165, 1.54) is 17.1 Å². The fraction of sp³-hybridized carbons (Fsp3) is 0.333. The summed E-state index contributed by atoms with van der Waals surface area (Å²) in [6.07, 6.45) is 2.45. The van der Waals surface area contributed by atoms with Gasteiger partial charge in [-0.1, -0.05) is 30.3 Å². The zero-order valence-corrected chi connectivity index (χ0v) is 16.7. The number of aliphatic hydroxyl groups is 1. The summed E-state index contributed by atoms with van der Waals surface area (Å²) in [4.78, 5) is 16.4. The Hall–Kier alpha value is -2.48. The molecule has 6 nitrogen and oxygen atoms in total. The topological polar surface area (TPSA) is 68.7 Å². The number of anilines is 1. The molecule has 2 aromatic carbocycles. The van der Waals surface area contributed by atoms with Gasteiger partial charge < -0.3 is 15.3 Å². The van der Waals surface area contributed by atoms with Crippen molar-refractivity contribution >= 4 is 33.3 Å². The fourth-order valence-corrected chi connectivity index (χ4v) is 4.35. The van der Waals surface area contributed by atoms with Gasteiger partial charge in [-0.05, 0) is 41.7 Å². The standard InChI is InChI=1S/C21H24N4O2S/c1-24(20(26)23-18-7-8-19-17(11-18)12-22-28-19)14-21(27)9-10-25(15-21)13-16-5-3-2-4-6-16/h2-8,11-12,27H,9-10,13-15H2,1H3,(H,23,26). The Balaban J connectivity index is 1.33. The highest BCUT2D eigenvalue weighted by Gasteiger charge is 2.37. The van der Waals surface area contributed by atoms with Crippen molar-refractivity contribution in [3.05, 3.63) is 60.3 Å². The van der Waals surface area contributed by atoms with Crippen molar-refractivity contribution in [2.45, 2.75) is 18.6 Å². The third-order valence-corrected chi connectivity index (χ3v) is 5.92.